The molecule has 0 atom stereocenters. The van der Waals surface area contributed by atoms with Gasteiger partial charge in [0.05, 0.1) is 6.42 Å². The third-order valence-electron chi connectivity index (χ3n) is 3.00. The highest BCUT2D eigenvalue weighted by Gasteiger charge is 2.01. The number of carboxylic acids is 1. The van der Waals surface area contributed by atoms with Gasteiger partial charge in [-0.1, -0.05) is 55.5 Å². The third-order valence-corrected chi connectivity index (χ3v) is 3.00. The SMILES string of the molecule is CCc1ccc(-c2ccc(CC(=O)O)cc2)cc1. The first-order valence-electron chi connectivity index (χ1n) is 6.09. The second-order valence-corrected chi connectivity index (χ2v) is 4.32. The van der Waals surface area contributed by atoms with Crippen molar-refractivity contribution in [2.75, 3.05) is 0 Å². The molecule has 2 rings (SSSR count). The van der Waals surface area contributed by atoms with E-state index in [0.29, 0.717) is 0 Å². The number of rotatable bonds is 4. The van der Waals surface area contributed by atoms with Crippen molar-refractivity contribution in [1.82, 2.24) is 0 Å². The van der Waals surface area contributed by atoms with Crippen LogP contribution in [-0.4, -0.2) is 11.1 Å². The van der Waals surface area contributed by atoms with Gasteiger partial charge in [0, 0.05) is 0 Å². The smallest absolute Gasteiger partial charge is 0.307 e. The van der Waals surface area contributed by atoms with E-state index in [1.54, 1.807) is 0 Å². The molecule has 0 aliphatic heterocycles. The van der Waals surface area contributed by atoms with Gasteiger partial charge in [-0.3, -0.25) is 4.79 Å². The first kappa shape index (κ1) is 12.4. The minimum absolute atomic E-state index is 0.0784. The Morgan fingerprint density at radius 1 is 0.889 bits per heavy atom. The number of benzene rings is 2. The Hall–Kier alpha value is -2.09. The molecule has 0 unspecified atom stereocenters. The molecule has 2 aromatic rings. The maximum absolute atomic E-state index is 10.6. The predicted molar refractivity (Wildman–Crippen MR) is 72.6 cm³/mol. The van der Waals surface area contributed by atoms with Crippen LogP contribution < -0.4 is 0 Å². The summed E-state index contributed by atoms with van der Waals surface area (Å²) >= 11 is 0. The van der Waals surface area contributed by atoms with Crippen LogP contribution in [0.4, 0.5) is 0 Å². The minimum atomic E-state index is -0.796. The van der Waals surface area contributed by atoms with E-state index in [1.165, 1.54) is 5.56 Å². The quantitative estimate of drug-likeness (QED) is 0.887. The standard InChI is InChI=1S/C16H16O2/c1-2-12-3-7-14(8-4-12)15-9-5-13(6-10-15)11-16(17)18/h3-10H,2,11H2,1H3,(H,17,18). The van der Waals surface area contributed by atoms with Gasteiger partial charge in [-0.2, -0.15) is 0 Å². The zero-order valence-corrected chi connectivity index (χ0v) is 10.4. The van der Waals surface area contributed by atoms with Crippen molar-refractivity contribution in [3.8, 4) is 11.1 Å². The average Bonchev–Trinajstić information content (AvgIpc) is 2.39. The molecule has 18 heavy (non-hydrogen) atoms. The van der Waals surface area contributed by atoms with Gasteiger partial charge < -0.3 is 5.11 Å². The Morgan fingerprint density at radius 3 is 1.72 bits per heavy atom. The summed E-state index contributed by atoms with van der Waals surface area (Å²) in [5.74, 6) is -0.796. The molecule has 0 saturated heterocycles. The Labute approximate surface area is 107 Å². The van der Waals surface area contributed by atoms with E-state index in [0.717, 1.165) is 23.1 Å². The summed E-state index contributed by atoms with van der Waals surface area (Å²) in [6.07, 6.45) is 1.12. The van der Waals surface area contributed by atoms with E-state index in [4.69, 9.17) is 5.11 Å². The van der Waals surface area contributed by atoms with E-state index >= 15 is 0 Å². The summed E-state index contributed by atoms with van der Waals surface area (Å²) in [4.78, 5) is 10.6. The van der Waals surface area contributed by atoms with Crippen molar-refractivity contribution >= 4 is 5.97 Å². The molecule has 0 amide bonds. The molecule has 0 fully saturated rings. The molecule has 0 radical (unpaired) electrons. The Bertz CT molecular complexity index is 524. The number of aryl methyl sites for hydroxylation is 1. The summed E-state index contributed by atoms with van der Waals surface area (Å²) < 4.78 is 0. The maximum Gasteiger partial charge on any atom is 0.307 e. The topological polar surface area (TPSA) is 37.3 Å². The van der Waals surface area contributed by atoms with Crippen molar-refractivity contribution < 1.29 is 9.90 Å². The van der Waals surface area contributed by atoms with E-state index in [-0.39, 0.29) is 6.42 Å². The van der Waals surface area contributed by atoms with Gasteiger partial charge in [-0.25, -0.2) is 0 Å². The zero-order chi connectivity index (χ0) is 13.0. The summed E-state index contributed by atoms with van der Waals surface area (Å²) in [7, 11) is 0. The molecule has 0 spiro atoms. The molecule has 0 aliphatic rings. The number of hydrogen-bond donors (Lipinski definition) is 1. The first-order valence-corrected chi connectivity index (χ1v) is 6.09. The van der Waals surface area contributed by atoms with Crippen molar-refractivity contribution in [2.24, 2.45) is 0 Å². The Balaban J connectivity index is 2.20. The summed E-state index contributed by atoms with van der Waals surface area (Å²) in [6, 6.07) is 16.1. The van der Waals surface area contributed by atoms with Crippen LogP contribution >= 0.6 is 0 Å². The molecule has 1 N–H and O–H groups in total. The van der Waals surface area contributed by atoms with Crippen LogP contribution in [0.15, 0.2) is 48.5 Å². The molecule has 2 aromatic carbocycles. The second-order valence-electron chi connectivity index (χ2n) is 4.32. The number of carboxylic acid groups (broad SMARTS) is 1. The first-order chi connectivity index (χ1) is 8.69. The highest BCUT2D eigenvalue weighted by Crippen LogP contribution is 2.20. The van der Waals surface area contributed by atoms with Crippen molar-refractivity contribution in [2.45, 2.75) is 19.8 Å². The van der Waals surface area contributed by atoms with E-state index in [2.05, 4.69) is 31.2 Å². The van der Waals surface area contributed by atoms with Gasteiger partial charge >= 0.3 is 5.97 Å². The van der Waals surface area contributed by atoms with Gasteiger partial charge in [-0.15, -0.1) is 0 Å². The number of carbonyl (C=O) groups is 1. The molecular weight excluding hydrogens is 224 g/mol. The lowest BCUT2D eigenvalue weighted by molar-refractivity contribution is -0.136. The van der Waals surface area contributed by atoms with Gasteiger partial charge in [-0.05, 0) is 28.7 Å². The second kappa shape index (κ2) is 5.50. The van der Waals surface area contributed by atoms with E-state index in [9.17, 15) is 4.79 Å². The monoisotopic (exact) mass is 240 g/mol. The summed E-state index contributed by atoms with van der Waals surface area (Å²) in [6.45, 7) is 2.13. The van der Waals surface area contributed by atoms with Crippen LogP contribution in [0, 0.1) is 0 Å². The van der Waals surface area contributed by atoms with Gasteiger partial charge in [0.25, 0.3) is 0 Å². The van der Waals surface area contributed by atoms with Crippen LogP contribution in [0.25, 0.3) is 11.1 Å². The molecule has 0 aromatic heterocycles. The Morgan fingerprint density at radius 2 is 1.33 bits per heavy atom. The van der Waals surface area contributed by atoms with Gasteiger partial charge in [0.2, 0.25) is 0 Å². The molecule has 92 valence electrons. The Kier molecular flexibility index (Phi) is 3.78. The number of hydrogen-bond acceptors (Lipinski definition) is 1. The van der Waals surface area contributed by atoms with E-state index in [1.807, 2.05) is 24.3 Å². The van der Waals surface area contributed by atoms with Crippen LogP contribution in [0.5, 0.6) is 0 Å². The fraction of sp³-hybridized carbons (Fsp3) is 0.188. The molecule has 2 nitrogen and oxygen atoms in total. The van der Waals surface area contributed by atoms with Crippen molar-refractivity contribution in [3.05, 3.63) is 59.7 Å². The maximum atomic E-state index is 10.6. The largest absolute Gasteiger partial charge is 0.481 e. The van der Waals surface area contributed by atoms with Gasteiger partial charge in [0.1, 0.15) is 0 Å². The van der Waals surface area contributed by atoms with Crippen molar-refractivity contribution in [3.63, 3.8) is 0 Å². The predicted octanol–water partition coefficient (Wildman–Crippen LogP) is 3.54. The number of aliphatic carboxylic acids is 1. The molecule has 0 bridgehead atoms. The fourth-order valence-corrected chi connectivity index (χ4v) is 1.92. The van der Waals surface area contributed by atoms with Crippen LogP contribution in [0.3, 0.4) is 0 Å². The molecule has 0 aliphatic carbocycles. The zero-order valence-electron chi connectivity index (χ0n) is 10.4. The highest BCUT2D eigenvalue weighted by atomic mass is 16.4. The van der Waals surface area contributed by atoms with Crippen LogP contribution in [-0.2, 0) is 17.6 Å². The molecule has 0 heterocycles. The fourth-order valence-electron chi connectivity index (χ4n) is 1.92. The average molecular weight is 240 g/mol. The van der Waals surface area contributed by atoms with Gasteiger partial charge in [0.15, 0.2) is 0 Å². The summed E-state index contributed by atoms with van der Waals surface area (Å²) in [5, 5.41) is 8.71. The van der Waals surface area contributed by atoms with Crippen LogP contribution in [0.1, 0.15) is 18.1 Å². The van der Waals surface area contributed by atoms with E-state index < -0.39 is 5.97 Å². The third kappa shape index (κ3) is 2.98. The minimum Gasteiger partial charge on any atom is -0.481 e. The lowest BCUT2D eigenvalue weighted by atomic mass is 10.0. The molecule has 0 saturated carbocycles. The molecule has 2 heteroatoms. The molecular formula is C16H16O2. The van der Waals surface area contributed by atoms with Crippen LogP contribution in [0.2, 0.25) is 0 Å². The highest BCUT2D eigenvalue weighted by molar-refractivity contribution is 5.71. The normalized spacial score (nSPS) is 10.3. The summed E-state index contributed by atoms with van der Waals surface area (Å²) in [5.41, 5.74) is 4.43. The van der Waals surface area contributed by atoms with Crippen molar-refractivity contribution in [1.29, 1.82) is 0 Å². The lowest BCUT2D eigenvalue weighted by Gasteiger charge is -2.04. The lowest BCUT2D eigenvalue weighted by Crippen LogP contribution is -1.99.